The van der Waals surface area contributed by atoms with Crippen molar-refractivity contribution in [3.05, 3.63) is 35.9 Å². The second kappa shape index (κ2) is 7.63. The van der Waals surface area contributed by atoms with Gasteiger partial charge in [0.05, 0.1) is 32.5 Å². The first-order chi connectivity index (χ1) is 7.45. The molecule has 0 aliphatic carbocycles. The highest BCUT2D eigenvalue weighted by Crippen LogP contribution is 2.02. The second-order valence-electron chi connectivity index (χ2n) is 3.73. The summed E-state index contributed by atoms with van der Waals surface area (Å²) in [7, 11) is 0. The lowest BCUT2D eigenvalue weighted by molar-refractivity contribution is 0.0242. The molecule has 1 aliphatic heterocycles. The number of ether oxygens (including phenoxy) is 2. The first-order valence-corrected chi connectivity index (χ1v) is 5.38. The maximum Gasteiger partial charge on any atom is 0.0717 e. The van der Waals surface area contributed by atoms with Gasteiger partial charge in [0.25, 0.3) is 0 Å². The van der Waals surface area contributed by atoms with Crippen molar-refractivity contribution in [1.29, 1.82) is 0 Å². The van der Waals surface area contributed by atoms with Crippen LogP contribution >= 0.6 is 12.4 Å². The molecule has 0 radical (unpaired) electrons. The summed E-state index contributed by atoms with van der Waals surface area (Å²) in [5.74, 6) is 0. The van der Waals surface area contributed by atoms with Crippen LogP contribution in [-0.4, -0.2) is 32.4 Å². The van der Waals surface area contributed by atoms with Gasteiger partial charge in [-0.05, 0) is 5.56 Å². The van der Waals surface area contributed by atoms with Crippen molar-refractivity contribution in [2.75, 3.05) is 26.4 Å². The monoisotopic (exact) mass is 243 g/mol. The van der Waals surface area contributed by atoms with Gasteiger partial charge in [-0.15, -0.1) is 12.4 Å². The number of halogens is 1. The van der Waals surface area contributed by atoms with Gasteiger partial charge in [-0.3, -0.25) is 0 Å². The highest BCUT2D eigenvalue weighted by atomic mass is 35.5. The predicted molar refractivity (Wildman–Crippen MR) is 66.0 cm³/mol. The van der Waals surface area contributed by atoms with E-state index in [1.165, 1.54) is 5.56 Å². The van der Waals surface area contributed by atoms with Crippen LogP contribution in [0.3, 0.4) is 0 Å². The fraction of sp³-hybridized carbons (Fsp3) is 0.500. The highest BCUT2D eigenvalue weighted by molar-refractivity contribution is 5.85. The molecule has 1 aromatic carbocycles. The third-order valence-corrected chi connectivity index (χ3v) is 2.43. The van der Waals surface area contributed by atoms with Gasteiger partial charge in [-0.2, -0.15) is 0 Å². The lowest BCUT2D eigenvalue weighted by atomic mass is 10.2. The van der Waals surface area contributed by atoms with Crippen LogP contribution in [0.1, 0.15) is 5.56 Å². The molecule has 0 aromatic heterocycles. The zero-order valence-electron chi connectivity index (χ0n) is 9.22. The smallest absolute Gasteiger partial charge is 0.0717 e. The summed E-state index contributed by atoms with van der Waals surface area (Å²) in [5, 5.41) is 3.36. The highest BCUT2D eigenvalue weighted by Gasteiger charge is 2.12. The van der Waals surface area contributed by atoms with E-state index in [1.54, 1.807) is 0 Å². The fourth-order valence-electron chi connectivity index (χ4n) is 1.62. The number of morpholine rings is 1. The lowest BCUT2D eigenvalue weighted by Gasteiger charge is -2.23. The quantitative estimate of drug-likeness (QED) is 0.872. The van der Waals surface area contributed by atoms with Crippen molar-refractivity contribution in [1.82, 2.24) is 5.32 Å². The Morgan fingerprint density at radius 1 is 1.31 bits per heavy atom. The fourth-order valence-corrected chi connectivity index (χ4v) is 1.62. The van der Waals surface area contributed by atoms with Crippen LogP contribution in [0, 0.1) is 0 Å². The van der Waals surface area contributed by atoms with E-state index in [4.69, 9.17) is 9.47 Å². The maximum atomic E-state index is 5.62. The van der Waals surface area contributed by atoms with E-state index in [-0.39, 0.29) is 12.4 Å². The molecule has 1 N–H and O–H groups in total. The number of benzene rings is 1. The molecule has 4 heteroatoms. The standard InChI is InChI=1S/C12H17NO2.ClH/c1-2-4-11(5-3-1)8-15-10-12-9-14-7-6-13-12;/h1-5,12-13H,6-10H2;1H. The zero-order valence-corrected chi connectivity index (χ0v) is 10.0. The zero-order chi connectivity index (χ0) is 10.3. The molecule has 0 bridgehead atoms. The van der Waals surface area contributed by atoms with Gasteiger partial charge in [0.1, 0.15) is 0 Å². The van der Waals surface area contributed by atoms with Crippen molar-refractivity contribution < 1.29 is 9.47 Å². The van der Waals surface area contributed by atoms with E-state index in [9.17, 15) is 0 Å². The second-order valence-corrected chi connectivity index (χ2v) is 3.73. The molecule has 0 spiro atoms. The Kier molecular flexibility index (Phi) is 6.42. The van der Waals surface area contributed by atoms with E-state index in [0.29, 0.717) is 12.6 Å². The normalized spacial score (nSPS) is 20.1. The van der Waals surface area contributed by atoms with Gasteiger partial charge >= 0.3 is 0 Å². The molecular weight excluding hydrogens is 226 g/mol. The summed E-state index contributed by atoms with van der Waals surface area (Å²) < 4.78 is 11.0. The number of hydrogen-bond donors (Lipinski definition) is 1. The van der Waals surface area contributed by atoms with Crippen molar-refractivity contribution in [2.45, 2.75) is 12.6 Å². The van der Waals surface area contributed by atoms with E-state index in [1.807, 2.05) is 18.2 Å². The molecule has 3 nitrogen and oxygen atoms in total. The molecule has 1 atom stereocenters. The van der Waals surface area contributed by atoms with Crippen LogP contribution in [0.2, 0.25) is 0 Å². The number of rotatable bonds is 4. The molecule has 1 heterocycles. The molecule has 0 saturated carbocycles. The molecule has 1 saturated heterocycles. The van der Waals surface area contributed by atoms with E-state index in [0.717, 1.165) is 26.4 Å². The molecule has 0 amide bonds. The molecule has 16 heavy (non-hydrogen) atoms. The van der Waals surface area contributed by atoms with Gasteiger partial charge < -0.3 is 14.8 Å². The average Bonchev–Trinajstić information content (AvgIpc) is 2.32. The summed E-state index contributed by atoms with van der Waals surface area (Å²) in [6.07, 6.45) is 0. The third kappa shape index (κ3) is 4.49. The first kappa shape index (κ1) is 13.5. The van der Waals surface area contributed by atoms with E-state index < -0.39 is 0 Å². The van der Waals surface area contributed by atoms with Gasteiger partial charge in [-0.25, -0.2) is 0 Å². The maximum absolute atomic E-state index is 5.62. The molecule has 1 aliphatic rings. The predicted octanol–water partition coefficient (Wildman–Crippen LogP) is 1.61. The Hall–Kier alpha value is -0.610. The Morgan fingerprint density at radius 3 is 2.81 bits per heavy atom. The van der Waals surface area contributed by atoms with Gasteiger partial charge in [0.2, 0.25) is 0 Å². The Bertz CT molecular complexity index is 276. The Balaban J connectivity index is 0.00000128. The van der Waals surface area contributed by atoms with Gasteiger partial charge in [0, 0.05) is 6.54 Å². The topological polar surface area (TPSA) is 30.5 Å². The summed E-state index contributed by atoms with van der Waals surface area (Å²) >= 11 is 0. The van der Waals surface area contributed by atoms with E-state index >= 15 is 0 Å². The van der Waals surface area contributed by atoms with Crippen molar-refractivity contribution in [3.8, 4) is 0 Å². The average molecular weight is 244 g/mol. The van der Waals surface area contributed by atoms with Crippen LogP contribution in [0.4, 0.5) is 0 Å². The van der Waals surface area contributed by atoms with Crippen molar-refractivity contribution >= 4 is 12.4 Å². The molecule has 1 aromatic rings. The lowest BCUT2D eigenvalue weighted by Crippen LogP contribution is -2.44. The van der Waals surface area contributed by atoms with Crippen LogP contribution in [0.5, 0.6) is 0 Å². The van der Waals surface area contributed by atoms with Crippen molar-refractivity contribution in [2.24, 2.45) is 0 Å². The SMILES string of the molecule is Cl.c1ccc(COCC2COCCN2)cc1. The molecular formula is C12H18ClNO2. The van der Waals surface area contributed by atoms with Crippen LogP contribution in [0.25, 0.3) is 0 Å². The third-order valence-electron chi connectivity index (χ3n) is 2.43. The molecule has 2 rings (SSSR count). The summed E-state index contributed by atoms with van der Waals surface area (Å²) in [4.78, 5) is 0. The van der Waals surface area contributed by atoms with Crippen LogP contribution < -0.4 is 5.32 Å². The Morgan fingerprint density at radius 2 is 2.12 bits per heavy atom. The number of hydrogen-bond acceptors (Lipinski definition) is 3. The molecule has 90 valence electrons. The Labute approximate surface area is 103 Å². The van der Waals surface area contributed by atoms with Crippen LogP contribution in [-0.2, 0) is 16.1 Å². The van der Waals surface area contributed by atoms with Gasteiger partial charge in [-0.1, -0.05) is 30.3 Å². The number of nitrogens with one attached hydrogen (secondary N) is 1. The minimum absolute atomic E-state index is 0. The van der Waals surface area contributed by atoms with Crippen molar-refractivity contribution in [3.63, 3.8) is 0 Å². The minimum atomic E-state index is 0. The minimum Gasteiger partial charge on any atom is -0.378 e. The van der Waals surface area contributed by atoms with Gasteiger partial charge in [0.15, 0.2) is 0 Å². The first-order valence-electron chi connectivity index (χ1n) is 5.38. The van der Waals surface area contributed by atoms with Crippen LogP contribution in [0.15, 0.2) is 30.3 Å². The largest absolute Gasteiger partial charge is 0.378 e. The summed E-state index contributed by atoms with van der Waals surface area (Å²) in [6, 6.07) is 10.6. The summed E-state index contributed by atoms with van der Waals surface area (Å²) in [5.41, 5.74) is 1.22. The molecule has 1 fully saturated rings. The molecule has 1 unspecified atom stereocenters. The van der Waals surface area contributed by atoms with E-state index in [2.05, 4.69) is 17.4 Å². The summed E-state index contributed by atoms with van der Waals surface area (Å²) in [6.45, 7) is 3.90.